The van der Waals surface area contributed by atoms with Crippen molar-refractivity contribution < 1.29 is 9.90 Å². The fraction of sp³-hybridized carbons (Fsp3) is 0.417. The van der Waals surface area contributed by atoms with E-state index in [0.717, 1.165) is 18.4 Å². The van der Waals surface area contributed by atoms with Crippen molar-refractivity contribution in [3.05, 3.63) is 35.4 Å². The van der Waals surface area contributed by atoms with E-state index >= 15 is 0 Å². The maximum absolute atomic E-state index is 10.7. The Hall–Kier alpha value is -1.31. The molecule has 0 saturated carbocycles. The minimum absolute atomic E-state index is 0.256. The van der Waals surface area contributed by atoms with Gasteiger partial charge in [0, 0.05) is 0 Å². The molecule has 0 unspecified atom stereocenters. The van der Waals surface area contributed by atoms with Crippen molar-refractivity contribution in [1.29, 1.82) is 0 Å². The van der Waals surface area contributed by atoms with Crippen LogP contribution in [0.25, 0.3) is 0 Å². The van der Waals surface area contributed by atoms with Gasteiger partial charge >= 0.3 is 5.97 Å². The van der Waals surface area contributed by atoms with Crippen LogP contribution in [0.5, 0.6) is 0 Å². The van der Waals surface area contributed by atoms with Crippen LogP contribution in [0.4, 0.5) is 0 Å². The van der Waals surface area contributed by atoms with Gasteiger partial charge in [0.1, 0.15) is 0 Å². The summed E-state index contributed by atoms with van der Waals surface area (Å²) < 4.78 is 0. The molecule has 1 N–H and O–H groups in total. The second-order valence-electron chi connectivity index (χ2n) is 3.85. The smallest absolute Gasteiger partial charge is 0.336 e. The third kappa shape index (κ3) is 3.21. The van der Waals surface area contributed by atoms with Gasteiger partial charge in [0.05, 0.1) is 5.56 Å². The Morgan fingerprint density at radius 2 is 2.29 bits per heavy atom. The van der Waals surface area contributed by atoms with Crippen molar-refractivity contribution in [3.8, 4) is 0 Å². The van der Waals surface area contributed by atoms with Crippen LogP contribution >= 0.6 is 0 Å². The zero-order chi connectivity index (χ0) is 10.6. The minimum atomic E-state index is -0.906. The molecule has 0 heterocycles. The molecule has 0 bridgehead atoms. The van der Waals surface area contributed by atoms with Crippen molar-refractivity contribution in [2.75, 3.05) is 0 Å². The molecule has 0 spiro atoms. The molecule has 0 aromatic heterocycles. The predicted molar refractivity (Wildman–Crippen MR) is 55.4 cm³/mol. The molecular weight excluding hydrogens is 176 g/mol. The predicted octanol–water partition coefficient (Wildman–Crippen LogP) is 2.77. The highest BCUT2D eigenvalue weighted by Gasteiger charge is 2.03. The van der Waals surface area contributed by atoms with Crippen molar-refractivity contribution in [2.24, 2.45) is 5.92 Å². The first kappa shape index (κ1) is 10.8. The average molecular weight is 191 g/mol. The topological polar surface area (TPSA) is 37.3 Å². The number of carboxylic acid groups (broad SMARTS) is 1. The van der Waals surface area contributed by atoms with Crippen molar-refractivity contribution in [1.82, 2.24) is 0 Å². The van der Waals surface area contributed by atoms with Crippen LogP contribution in [0.15, 0.2) is 18.2 Å². The third-order valence-corrected chi connectivity index (χ3v) is 2.11. The number of aromatic carboxylic acids is 1. The molecule has 2 nitrogen and oxygen atoms in total. The Labute approximate surface area is 84.6 Å². The Bertz CT molecular complexity index is 316. The first-order chi connectivity index (χ1) is 6.59. The molecule has 0 fully saturated rings. The molecule has 14 heavy (non-hydrogen) atoms. The highest BCUT2D eigenvalue weighted by molar-refractivity contribution is 5.87. The van der Waals surface area contributed by atoms with Gasteiger partial charge in [-0.15, -0.1) is 0 Å². The lowest BCUT2D eigenvalue weighted by Gasteiger charge is -2.04. The second-order valence-corrected chi connectivity index (χ2v) is 3.85. The monoisotopic (exact) mass is 191 g/mol. The maximum Gasteiger partial charge on any atom is 0.336 e. The summed E-state index contributed by atoms with van der Waals surface area (Å²) in [6.45, 7) is 4.32. The zero-order valence-corrected chi connectivity index (χ0v) is 8.58. The summed E-state index contributed by atoms with van der Waals surface area (Å²) in [5.41, 5.74) is 1.33. The van der Waals surface area contributed by atoms with Crippen LogP contribution in [0.1, 0.15) is 36.2 Å². The molecular formula is C12H15O2. The Balaban J connectivity index is 2.69. The minimum Gasteiger partial charge on any atom is -0.478 e. The number of carbonyl (C=O) groups is 1. The van der Waals surface area contributed by atoms with Crippen LogP contribution in [0.3, 0.4) is 0 Å². The van der Waals surface area contributed by atoms with Gasteiger partial charge in [0.15, 0.2) is 0 Å². The molecule has 0 aliphatic carbocycles. The molecule has 0 aliphatic heterocycles. The SMILES string of the molecule is CC(C)CCc1cc[c]c(C(=O)O)c1. The Kier molecular flexibility index (Phi) is 3.69. The Morgan fingerprint density at radius 3 is 2.86 bits per heavy atom. The van der Waals surface area contributed by atoms with E-state index in [1.165, 1.54) is 0 Å². The molecule has 0 amide bonds. The van der Waals surface area contributed by atoms with E-state index in [-0.39, 0.29) is 5.56 Å². The van der Waals surface area contributed by atoms with Gasteiger partial charge in [-0.25, -0.2) is 4.79 Å². The molecule has 1 rings (SSSR count). The summed E-state index contributed by atoms with van der Waals surface area (Å²) in [6, 6.07) is 8.00. The van der Waals surface area contributed by atoms with Gasteiger partial charge in [0.25, 0.3) is 0 Å². The first-order valence-electron chi connectivity index (χ1n) is 4.83. The summed E-state index contributed by atoms with van der Waals surface area (Å²) >= 11 is 0. The number of rotatable bonds is 4. The van der Waals surface area contributed by atoms with E-state index in [1.807, 2.05) is 6.07 Å². The molecule has 75 valence electrons. The number of hydrogen-bond acceptors (Lipinski definition) is 1. The molecule has 0 atom stereocenters. The van der Waals surface area contributed by atoms with Crippen LogP contribution < -0.4 is 0 Å². The molecule has 0 aliphatic rings. The van der Waals surface area contributed by atoms with Gasteiger partial charge in [-0.1, -0.05) is 26.0 Å². The van der Waals surface area contributed by atoms with E-state index in [9.17, 15) is 4.79 Å². The summed E-state index contributed by atoms with van der Waals surface area (Å²) in [6.07, 6.45) is 2.02. The zero-order valence-electron chi connectivity index (χ0n) is 8.58. The summed E-state index contributed by atoms with van der Waals surface area (Å²) in [5.74, 6) is -0.260. The van der Waals surface area contributed by atoms with E-state index in [4.69, 9.17) is 5.11 Å². The lowest BCUT2D eigenvalue weighted by Crippen LogP contribution is -1.98. The van der Waals surface area contributed by atoms with Gasteiger partial charge in [-0.2, -0.15) is 0 Å². The molecule has 0 saturated heterocycles. The Morgan fingerprint density at radius 1 is 1.57 bits per heavy atom. The van der Waals surface area contributed by atoms with Gasteiger partial charge in [-0.3, -0.25) is 0 Å². The summed E-state index contributed by atoms with van der Waals surface area (Å²) in [4.78, 5) is 10.7. The number of hydrogen-bond donors (Lipinski definition) is 1. The number of benzene rings is 1. The van der Waals surface area contributed by atoms with E-state index in [1.54, 1.807) is 12.1 Å². The number of carboxylic acids is 1. The molecule has 1 radical (unpaired) electrons. The van der Waals surface area contributed by atoms with Gasteiger partial charge in [-0.05, 0) is 36.5 Å². The van der Waals surface area contributed by atoms with Crippen molar-refractivity contribution in [2.45, 2.75) is 26.7 Å². The van der Waals surface area contributed by atoms with E-state index in [0.29, 0.717) is 5.92 Å². The van der Waals surface area contributed by atoms with Crippen molar-refractivity contribution in [3.63, 3.8) is 0 Å². The highest BCUT2D eigenvalue weighted by Crippen LogP contribution is 2.10. The van der Waals surface area contributed by atoms with Gasteiger partial charge < -0.3 is 5.11 Å². The van der Waals surface area contributed by atoms with E-state index in [2.05, 4.69) is 19.9 Å². The summed E-state index contributed by atoms with van der Waals surface area (Å²) in [7, 11) is 0. The van der Waals surface area contributed by atoms with Crippen LogP contribution in [-0.4, -0.2) is 11.1 Å². The summed E-state index contributed by atoms with van der Waals surface area (Å²) in [5, 5.41) is 8.76. The molecule has 1 aromatic carbocycles. The quantitative estimate of drug-likeness (QED) is 0.794. The average Bonchev–Trinajstić information content (AvgIpc) is 2.15. The molecule has 2 heteroatoms. The van der Waals surface area contributed by atoms with E-state index < -0.39 is 5.97 Å². The lowest BCUT2D eigenvalue weighted by atomic mass is 10.0. The maximum atomic E-state index is 10.7. The third-order valence-electron chi connectivity index (χ3n) is 2.11. The normalized spacial score (nSPS) is 10.5. The van der Waals surface area contributed by atoms with Crippen LogP contribution in [0, 0.1) is 12.0 Å². The van der Waals surface area contributed by atoms with Crippen molar-refractivity contribution >= 4 is 5.97 Å². The first-order valence-corrected chi connectivity index (χ1v) is 4.83. The standard InChI is InChI=1S/C12H15O2/c1-9(2)6-7-10-4-3-5-11(8-10)12(13)14/h3-4,8-9H,6-7H2,1-2H3,(H,13,14). The fourth-order valence-corrected chi connectivity index (χ4v) is 1.25. The highest BCUT2D eigenvalue weighted by atomic mass is 16.4. The lowest BCUT2D eigenvalue weighted by molar-refractivity contribution is 0.0696. The largest absolute Gasteiger partial charge is 0.478 e. The number of aryl methyl sites for hydroxylation is 1. The fourth-order valence-electron chi connectivity index (χ4n) is 1.25. The van der Waals surface area contributed by atoms with Gasteiger partial charge in [0.2, 0.25) is 0 Å². The second kappa shape index (κ2) is 4.80. The van der Waals surface area contributed by atoms with Crippen LogP contribution in [-0.2, 0) is 6.42 Å². The molecule has 1 aromatic rings. The van der Waals surface area contributed by atoms with Crippen LogP contribution in [0.2, 0.25) is 0 Å².